The van der Waals surface area contributed by atoms with Gasteiger partial charge in [0, 0.05) is 23.7 Å². The largest absolute Gasteiger partial charge is 0.310 e. The molecule has 116 valence electrons. The standard InChI is InChI=1S/C17H19ClN2OS/c1-12(19(2)11-14-7-8-16(18)22-14)17(21)20-10-9-13-5-3-4-6-15(13)20/h3-8,12H,9-11H2,1-2H3/t12-/m1/s1. The number of halogens is 1. The van der Waals surface area contributed by atoms with Gasteiger partial charge in [-0.05, 0) is 44.2 Å². The first-order valence-corrected chi connectivity index (χ1v) is 8.59. The van der Waals surface area contributed by atoms with Gasteiger partial charge in [0.15, 0.2) is 0 Å². The van der Waals surface area contributed by atoms with Crippen molar-refractivity contribution in [3.8, 4) is 0 Å². The highest BCUT2D eigenvalue weighted by molar-refractivity contribution is 7.16. The third-order valence-electron chi connectivity index (χ3n) is 4.21. The molecule has 0 bridgehead atoms. The van der Waals surface area contributed by atoms with Gasteiger partial charge >= 0.3 is 0 Å². The Labute approximate surface area is 140 Å². The van der Waals surface area contributed by atoms with Crippen LogP contribution in [0.4, 0.5) is 5.69 Å². The second kappa shape index (κ2) is 6.41. The molecule has 0 saturated heterocycles. The van der Waals surface area contributed by atoms with Crippen molar-refractivity contribution in [1.29, 1.82) is 0 Å². The third kappa shape index (κ3) is 3.05. The van der Waals surface area contributed by atoms with Crippen molar-refractivity contribution in [2.75, 3.05) is 18.5 Å². The normalized spacial score (nSPS) is 15.2. The Morgan fingerprint density at radius 2 is 2.14 bits per heavy atom. The van der Waals surface area contributed by atoms with E-state index in [0.717, 1.165) is 29.5 Å². The van der Waals surface area contributed by atoms with Gasteiger partial charge in [0.25, 0.3) is 0 Å². The molecule has 0 radical (unpaired) electrons. The summed E-state index contributed by atoms with van der Waals surface area (Å²) < 4.78 is 0.788. The fourth-order valence-electron chi connectivity index (χ4n) is 2.80. The monoisotopic (exact) mass is 334 g/mol. The van der Waals surface area contributed by atoms with Crippen molar-refractivity contribution in [1.82, 2.24) is 4.90 Å². The zero-order valence-electron chi connectivity index (χ0n) is 12.8. The lowest BCUT2D eigenvalue weighted by atomic mass is 10.2. The maximum absolute atomic E-state index is 12.8. The third-order valence-corrected chi connectivity index (χ3v) is 5.42. The highest BCUT2D eigenvalue weighted by Gasteiger charge is 2.29. The molecule has 0 aliphatic carbocycles. The summed E-state index contributed by atoms with van der Waals surface area (Å²) in [4.78, 5) is 18.0. The van der Waals surface area contributed by atoms with Gasteiger partial charge in [0.05, 0.1) is 10.4 Å². The van der Waals surface area contributed by atoms with E-state index in [1.165, 1.54) is 10.4 Å². The second-order valence-corrected chi connectivity index (χ2v) is 7.47. The number of carbonyl (C=O) groups is 1. The van der Waals surface area contributed by atoms with Crippen molar-refractivity contribution in [2.24, 2.45) is 0 Å². The Bertz CT molecular complexity index is 685. The van der Waals surface area contributed by atoms with E-state index in [1.807, 2.05) is 49.2 Å². The van der Waals surface area contributed by atoms with Gasteiger partial charge in [-0.2, -0.15) is 0 Å². The predicted octanol–water partition coefficient (Wildman–Crippen LogP) is 3.81. The van der Waals surface area contributed by atoms with Crippen LogP contribution in [0.25, 0.3) is 0 Å². The van der Waals surface area contributed by atoms with Gasteiger partial charge in [-0.3, -0.25) is 9.69 Å². The van der Waals surface area contributed by atoms with Crippen LogP contribution in [-0.4, -0.2) is 30.4 Å². The Balaban J connectivity index is 1.69. The zero-order valence-corrected chi connectivity index (χ0v) is 14.3. The molecule has 2 aromatic rings. The molecule has 1 aliphatic rings. The minimum atomic E-state index is -0.160. The molecule has 0 fully saturated rings. The number of benzene rings is 1. The number of amides is 1. The summed E-state index contributed by atoms with van der Waals surface area (Å²) in [6.45, 7) is 3.49. The SMILES string of the molecule is C[C@H](C(=O)N1CCc2ccccc21)N(C)Cc1ccc(Cl)s1. The molecule has 1 aromatic heterocycles. The van der Waals surface area contributed by atoms with E-state index in [-0.39, 0.29) is 11.9 Å². The Morgan fingerprint density at radius 1 is 1.36 bits per heavy atom. The number of fused-ring (bicyclic) bond motifs is 1. The molecule has 1 amide bonds. The molecule has 5 heteroatoms. The summed E-state index contributed by atoms with van der Waals surface area (Å²) in [7, 11) is 1.98. The predicted molar refractivity (Wildman–Crippen MR) is 92.8 cm³/mol. The van der Waals surface area contributed by atoms with Crippen LogP contribution >= 0.6 is 22.9 Å². The highest BCUT2D eigenvalue weighted by atomic mass is 35.5. The number of nitrogens with zero attached hydrogens (tertiary/aromatic N) is 2. The number of rotatable bonds is 4. The summed E-state index contributed by atoms with van der Waals surface area (Å²) in [5.74, 6) is 0.162. The molecule has 1 atom stereocenters. The summed E-state index contributed by atoms with van der Waals surface area (Å²) in [5, 5.41) is 0. The molecule has 3 nitrogen and oxygen atoms in total. The topological polar surface area (TPSA) is 23.6 Å². The lowest BCUT2D eigenvalue weighted by Gasteiger charge is -2.28. The van der Waals surface area contributed by atoms with E-state index >= 15 is 0 Å². The maximum atomic E-state index is 12.8. The van der Waals surface area contributed by atoms with Gasteiger partial charge < -0.3 is 4.90 Å². The van der Waals surface area contributed by atoms with E-state index < -0.39 is 0 Å². The first kappa shape index (κ1) is 15.5. The van der Waals surface area contributed by atoms with Crippen LogP contribution in [0.2, 0.25) is 4.34 Å². The quantitative estimate of drug-likeness (QED) is 0.848. The van der Waals surface area contributed by atoms with Crippen LogP contribution in [-0.2, 0) is 17.8 Å². The molecule has 2 heterocycles. The average molecular weight is 335 g/mol. The molecule has 1 aliphatic heterocycles. The molecule has 0 saturated carbocycles. The van der Waals surface area contributed by atoms with E-state index in [9.17, 15) is 4.79 Å². The number of likely N-dealkylation sites (N-methyl/N-ethyl adjacent to an activating group) is 1. The highest BCUT2D eigenvalue weighted by Crippen LogP contribution is 2.29. The van der Waals surface area contributed by atoms with E-state index in [4.69, 9.17) is 11.6 Å². The molecule has 3 rings (SSSR count). The summed E-state index contributed by atoms with van der Waals surface area (Å²) in [6.07, 6.45) is 0.943. The Morgan fingerprint density at radius 3 is 2.86 bits per heavy atom. The number of para-hydroxylation sites is 1. The lowest BCUT2D eigenvalue weighted by Crippen LogP contribution is -2.44. The van der Waals surface area contributed by atoms with E-state index in [1.54, 1.807) is 11.3 Å². The van der Waals surface area contributed by atoms with Crippen LogP contribution in [0, 0.1) is 0 Å². The summed E-state index contributed by atoms with van der Waals surface area (Å²) in [5.41, 5.74) is 2.32. The van der Waals surface area contributed by atoms with Crippen molar-refractivity contribution >= 4 is 34.5 Å². The minimum absolute atomic E-state index is 0.160. The van der Waals surface area contributed by atoms with Gasteiger partial charge in [-0.25, -0.2) is 0 Å². The molecule has 0 N–H and O–H groups in total. The zero-order chi connectivity index (χ0) is 15.7. The molecule has 0 unspecified atom stereocenters. The Kier molecular flexibility index (Phi) is 4.52. The maximum Gasteiger partial charge on any atom is 0.244 e. The first-order valence-electron chi connectivity index (χ1n) is 7.40. The molecule has 0 spiro atoms. The minimum Gasteiger partial charge on any atom is -0.310 e. The van der Waals surface area contributed by atoms with Crippen molar-refractivity contribution in [2.45, 2.75) is 25.9 Å². The van der Waals surface area contributed by atoms with Crippen LogP contribution in [0.1, 0.15) is 17.4 Å². The van der Waals surface area contributed by atoms with Gasteiger partial charge in [0.1, 0.15) is 0 Å². The van der Waals surface area contributed by atoms with Crippen molar-refractivity contribution < 1.29 is 4.79 Å². The number of hydrogen-bond acceptors (Lipinski definition) is 3. The first-order chi connectivity index (χ1) is 10.6. The van der Waals surface area contributed by atoms with Crippen molar-refractivity contribution in [3.05, 3.63) is 51.2 Å². The summed E-state index contributed by atoms with van der Waals surface area (Å²) in [6, 6.07) is 11.9. The molecular weight excluding hydrogens is 316 g/mol. The average Bonchev–Trinajstić information content (AvgIpc) is 3.12. The molecule has 22 heavy (non-hydrogen) atoms. The lowest BCUT2D eigenvalue weighted by molar-refractivity contribution is -0.122. The van der Waals surface area contributed by atoms with Crippen LogP contribution in [0.5, 0.6) is 0 Å². The molecular formula is C17H19ClN2OS. The summed E-state index contributed by atoms with van der Waals surface area (Å²) >= 11 is 7.54. The van der Waals surface area contributed by atoms with Gasteiger partial charge in [-0.1, -0.05) is 29.8 Å². The number of anilines is 1. The van der Waals surface area contributed by atoms with Crippen LogP contribution in [0.15, 0.2) is 36.4 Å². The fraction of sp³-hybridized carbons (Fsp3) is 0.353. The smallest absolute Gasteiger partial charge is 0.244 e. The number of carbonyl (C=O) groups excluding carboxylic acids is 1. The number of thiophene rings is 1. The van der Waals surface area contributed by atoms with E-state index in [0.29, 0.717) is 0 Å². The van der Waals surface area contributed by atoms with Gasteiger partial charge in [0.2, 0.25) is 5.91 Å². The second-order valence-electron chi connectivity index (χ2n) is 5.67. The van der Waals surface area contributed by atoms with E-state index in [2.05, 4.69) is 11.0 Å². The van der Waals surface area contributed by atoms with Crippen LogP contribution < -0.4 is 4.90 Å². The number of hydrogen-bond donors (Lipinski definition) is 0. The Hall–Kier alpha value is -1.36. The van der Waals surface area contributed by atoms with Crippen LogP contribution in [0.3, 0.4) is 0 Å². The van der Waals surface area contributed by atoms with Gasteiger partial charge in [-0.15, -0.1) is 11.3 Å². The fourth-order valence-corrected chi connectivity index (χ4v) is 3.95. The molecule has 1 aromatic carbocycles. The van der Waals surface area contributed by atoms with Crippen molar-refractivity contribution in [3.63, 3.8) is 0 Å².